The van der Waals surface area contributed by atoms with Crippen LogP contribution in [0.4, 0.5) is 13.2 Å². The molecule has 0 fully saturated rings. The number of aliphatic carboxylic acids is 2. The number of halogens is 3. The average molecular weight is 925 g/mol. The van der Waals surface area contributed by atoms with Gasteiger partial charge in [0.25, 0.3) is 0 Å². The second-order valence-electron chi connectivity index (χ2n) is 19.3. The molecular formula is C48H59F3N4O7S2. The highest BCUT2D eigenvalue weighted by Crippen LogP contribution is 2.50. The Labute approximate surface area is 380 Å². The highest BCUT2D eigenvalue weighted by Gasteiger charge is 2.39. The smallest absolute Gasteiger partial charge is 0.435 e. The van der Waals surface area contributed by atoms with Crippen LogP contribution in [0.5, 0.6) is 5.75 Å². The van der Waals surface area contributed by atoms with Gasteiger partial charge in [-0.1, -0.05) is 26.0 Å². The van der Waals surface area contributed by atoms with Crippen molar-refractivity contribution in [1.82, 2.24) is 19.6 Å². The summed E-state index contributed by atoms with van der Waals surface area (Å²) in [7, 11) is 3.35. The zero-order valence-corrected chi connectivity index (χ0v) is 40.2. The van der Waals surface area contributed by atoms with E-state index < -0.39 is 47.2 Å². The van der Waals surface area contributed by atoms with Crippen LogP contribution in [0.15, 0.2) is 42.7 Å². The van der Waals surface area contributed by atoms with Gasteiger partial charge in [-0.15, -0.1) is 22.7 Å². The highest BCUT2D eigenvalue weighted by atomic mass is 32.1. The number of nitrogens with zero attached hydrogens (tertiary/aromatic N) is 4. The largest absolute Gasteiger partial charge is 0.493 e. The van der Waals surface area contributed by atoms with Crippen LogP contribution in [0.25, 0.3) is 37.7 Å². The third kappa shape index (κ3) is 11.0. The number of carboxylic acids is 2. The van der Waals surface area contributed by atoms with Crippen molar-refractivity contribution in [2.24, 2.45) is 19.5 Å². The molecule has 1 aromatic carbocycles. The van der Waals surface area contributed by atoms with Gasteiger partial charge in [0.1, 0.15) is 5.75 Å². The summed E-state index contributed by atoms with van der Waals surface area (Å²) in [5.74, 6) is -1.36. The third-order valence-corrected chi connectivity index (χ3v) is 13.4. The number of allylic oxidation sites excluding steroid dienone is 2. The maximum Gasteiger partial charge on any atom is 0.435 e. The van der Waals surface area contributed by atoms with E-state index in [1.165, 1.54) is 28.6 Å². The Balaban J connectivity index is 0.000000216. The van der Waals surface area contributed by atoms with E-state index in [0.717, 1.165) is 75.9 Å². The van der Waals surface area contributed by atoms with Crippen molar-refractivity contribution >= 4 is 40.2 Å². The number of carboxylic acid groups (broad SMARTS) is 2. The predicted molar refractivity (Wildman–Crippen MR) is 245 cm³/mol. The van der Waals surface area contributed by atoms with Crippen LogP contribution in [-0.2, 0) is 45.8 Å². The Morgan fingerprint density at radius 3 is 1.95 bits per heavy atom. The summed E-state index contributed by atoms with van der Waals surface area (Å²) in [4.78, 5) is 27.9. The molecule has 0 saturated carbocycles. The summed E-state index contributed by atoms with van der Waals surface area (Å²) in [5.41, 5.74) is 4.90. The number of thiophene rings is 2. The van der Waals surface area contributed by atoms with Gasteiger partial charge >= 0.3 is 18.1 Å². The van der Waals surface area contributed by atoms with E-state index in [9.17, 15) is 33.0 Å². The van der Waals surface area contributed by atoms with Crippen LogP contribution in [0.2, 0.25) is 0 Å². The van der Waals surface area contributed by atoms with Crippen LogP contribution in [0, 0.1) is 19.3 Å². The zero-order chi connectivity index (χ0) is 47.3. The van der Waals surface area contributed by atoms with Crippen molar-refractivity contribution in [3.8, 4) is 37.9 Å². The van der Waals surface area contributed by atoms with Gasteiger partial charge in [-0.25, -0.2) is 9.59 Å². The molecule has 4 aromatic heterocycles. The molecule has 2 aliphatic rings. The number of fused-ring (bicyclic) bond motifs is 1. The van der Waals surface area contributed by atoms with Crippen LogP contribution in [-0.4, -0.2) is 59.5 Å². The number of hydrogen-bond acceptors (Lipinski definition) is 9. The molecule has 64 heavy (non-hydrogen) atoms. The van der Waals surface area contributed by atoms with Crippen molar-refractivity contribution in [1.29, 1.82) is 0 Å². The highest BCUT2D eigenvalue weighted by molar-refractivity contribution is 7.16. The maximum atomic E-state index is 13.4. The van der Waals surface area contributed by atoms with Gasteiger partial charge in [0.2, 0.25) is 0 Å². The summed E-state index contributed by atoms with van der Waals surface area (Å²) >= 11 is 2.87. The van der Waals surface area contributed by atoms with Gasteiger partial charge in [0, 0.05) is 62.7 Å². The first-order valence-corrected chi connectivity index (χ1v) is 22.9. The lowest BCUT2D eigenvalue weighted by molar-refractivity contribution is -0.161. The van der Waals surface area contributed by atoms with Crippen molar-refractivity contribution < 1.29 is 47.2 Å². The summed E-state index contributed by atoms with van der Waals surface area (Å²) in [6.45, 7) is 19.9. The van der Waals surface area contributed by atoms with E-state index in [-0.39, 0.29) is 11.1 Å². The Bertz CT molecular complexity index is 2560. The van der Waals surface area contributed by atoms with E-state index in [2.05, 4.69) is 30.1 Å². The fraction of sp³-hybridized carbons (Fsp3) is 0.500. The fourth-order valence-corrected chi connectivity index (χ4v) is 10.5. The van der Waals surface area contributed by atoms with Crippen molar-refractivity contribution in [2.75, 3.05) is 6.61 Å². The molecule has 5 heterocycles. The summed E-state index contributed by atoms with van der Waals surface area (Å²) in [6, 6.07) is 6.57. The minimum absolute atomic E-state index is 0.251. The molecule has 346 valence electrons. The number of carbonyl (C=O) groups is 2. The first kappa shape index (κ1) is 48.7. The molecule has 0 amide bonds. The zero-order valence-electron chi connectivity index (χ0n) is 38.6. The molecule has 0 spiro atoms. The lowest BCUT2D eigenvalue weighted by Gasteiger charge is -2.30. The van der Waals surface area contributed by atoms with Crippen molar-refractivity contribution in [2.45, 2.75) is 131 Å². The van der Waals surface area contributed by atoms with E-state index in [1.54, 1.807) is 43.7 Å². The topological polar surface area (TPSA) is 138 Å². The number of aryl methyl sites for hydroxylation is 5. The van der Waals surface area contributed by atoms with Crippen molar-refractivity contribution in [3.63, 3.8) is 0 Å². The molecule has 7 rings (SSSR count). The standard InChI is InChI=1S/C25H27F3N2O4S.C23H32N2O3S/c1-13-19(21(23(31)32)34-24(2,3)4)20(15-8-9-17-14(11-15)7-6-10-33-17)22(35-13)16-12-18(25(26,27)28)29-30(16)5;1-14-17(19(21(26)27)28-22(2,3)4)18(15-8-10-23(5,6)11-9-15)20(29-14)16-12-24-25(7)13-16/h8-9,11-12,21H,6-7,10H2,1-5H3,(H,31,32);8,12-13,19H,9-11H2,1-7H3,(H,26,27). The molecule has 2 N–H and O–H groups in total. The number of rotatable bonds is 10. The molecule has 0 bridgehead atoms. The Kier molecular flexibility index (Phi) is 13.9. The summed E-state index contributed by atoms with van der Waals surface area (Å²) < 4.78 is 61.0. The van der Waals surface area contributed by atoms with Crippen LogP contribution < -0.4 is 4.74 Å². The molecule has 0 saturated heterocycles. The van der Waals surface area contributed by atoms with Gasteiger partial charge < -0.3 is 24.4 Å². The first-order chi connectivity index (χ1) is 29.6. The van der Waals surface area contributed by atoms with E-state index >= 15 is 0 Å². The first-order valence-electron chi connectivity index (χ1n) is 21.3. The quantitative estimate of drug-likeness (QED) is 0.140. The number of aromatic nitrogens is 4. The lowest BCUT2D eigenvalue weighted by atomic mass is 9.76. The molecule has 0 radical (unpaired) electrons. The van der Waals surface area contributed by atoms with E-state index in [4.69, 9.17) is 14.2 Å². The monoisotopic (exact) mass is 924 g/mol. The second kappa shape index (κ2) is 18.2. The average Bonchev–Trinajstić information content (AvgIpc) is 3.96. The Hall–Kier alpha value is -4.77. The van der Waals surface area contributed by atoms with Crippen LogP contribution in [0.1, 0.15) is 131 Å². The fourth-order valence-electron chi connectivity index (χ4n) is 8.08. The Morgan fingerprint density at radius 1 is 0.859 bits per heavy atom. The SMILES string of the molecule is Cc1sc(-c2cc(C(F)(F)F)nn2C)c(-c2ccc3c(c2)CCCO3)c1C(OC(C)(C)C)C(=O)O.Cc1sc(-c2cnn(C)c2)c(C2=CCC(C)(C)CC2)c1C(OC(C)(C)C)C(=O)O. The number of ether oxygens (including phenoxy) is 3. The normalized spacial score (nSPS) is 16.3. The molecule has 2 atom stereocenters. The van der Waals surface area contributed by atoms with Gasteiger partial charge in [-0.05, 0) is 128 Å². The van der Waals surface area contributed by atoms with E-state index in [1.807, 2.05) is 65.3 Å². The number of hydrogen-bond donors (Lipinski definition) is 2. The molecular weight excluding hydrogens is 866 g/mol. The number of alkyl halides is 3. The Morgan fingerprint density at radius 2 is 1.45 bits per heavy atom. The molecule has 16 heteroatoms. The van der Waals surface area contributed by atoms with Crippen molar-refractivity contribution in [3.05, 3.63) is 80.4 Å². The molecule has 1 aliphatic carbocycles. The second-order valence-corrected chi connectivity index (χ2v) is 21.7. The van der Waals surface area contributed by atoms with Crippen LogP contribution in [0.3, 0.4) is 0 Å². The summed E-state index contributed by atoms with van der Waals surface area (Å²) in [6.07, 6.45) is 3.88. The molecule has 1 aliphatic heterocycles. The number of benzene rings is 1. The van der Waals surface area contributed by atoms with Gasteiger partial charge in [0.15, 0.2) is 17.9 Å². The molecule has 11 nitrogen and oxygen atoms in total. The van der Waals surface area contributed by atoms with E-state index in [0.29, 0.717) is 33.1 Å². The van der Waals surface area contributed by atoms with Gasteiger partial charge in [-0.2, -0.15) is 23.4 Å². The molecule has 2 unspecified atom stereocenters. The third-order valence-electron chi connectivity index (χ3n) is 11.0. The molecule has 5 aromatic rings. The van der Waals surface area contributed by atoms with Gasteiger partial charge in [0.05, 0.1) is 34.6 Å². The maximum absolute atomic E-state index is 13.4. The van der Waals surface area contributed by atoms with Crippen LogP contribution >= 0.6 is 22.7 Å². The summed E-state index contributed by atoms with van der Waals surface area (Å²) in [5, 5.41) is 28.2. The lowest BCUT2D eigenvalue weighted by Crippen LogP contribution is -2.28. The minimum atomic E-state index is -4.60. The minimum Gasteiger partial charge on any atom is -0.493 e. The predicted octanol–water partition coefficient (Wildman–Crippen LogP) is 12.4. The van der Waals surface area contributed by atoms with Gasteiger partial charge in [-0.3, -0.25) is 9.36 Å².